The summed E-state index contributed by atoms with van der Waals surface area (Å²) in [6, 6.07) is 0. The van der Waals surface area contributed by atoms with Crippen molar-refractivity contribution < 1.29 is 17.5 Å². The lowest BCUT2D eigenvalue weighted by molar-refractivity contribution is -0.891. The van der Waals surface area contributed by atoms with Gasteiger partial charge in [-0.25, -0.2) is 0 Å². The Morgan fingerprint density at radius 1 is 0.909 bits per heavy atom. The fourth-order valence-electron chi connectivity index (χ4n) is 3.47. The highest BCUT2D eigenvalue weighted by Crippen LogP contribution is 2.25. The second-order valence-corrected chi connectivity index (χ2v) is 9.30. The summed E-state index contributed by atoms with van der Waals surface area (Å²) in [6.45, 7) is 2.17. The van der Waals surface area contributed by atoms with E-state index in [1.165, 1.54) is 64.3 Å². The lowest BCUT2D eigenvalue weighted by atomic mass is 9.93. The summed E-state index contributed by atoms with van der Waals surface area (Å²) in [5.74, 6) is 0.781. The Morgan fingerprint density at radius 2 is 1.45 bits per heavy atom. The highest BCUT2D eigenvalue weighted by molar-refractivity contribution is 7.85. The van der Waals surface area contributed by atoms with Gasteiger partial charge >= 0.3 is 0 Å². The minimum Gasteiger partial charge on any atom is -0.328 e. The van der Waals surface area contributed by atoms with Gasteiger partial charge in [0.15, 0.2) is 0 Å². The maximum atomic E-state index is 10.7. The molecule has 1 N–H and O–H groups in total. The third-order valence-electron chi connectivity index (χ3n) is 5.03. The Labute approximate surface area is 137 Å². The quantitative estimate of drug-likeness (QED) is 0.416. The maximum Gasteiger partial charge on any atom is 0.264 e. The highest BCUT2D eigenvalue weighted by Gasteiger charge is 2.19. The van der Waals surface area contributed by atoms with E-state index in [2.05, 4.69) is 14.1 Å². The highest BCUT2D eigenvalue weighted by atomic mass is 32.2. The summed E-state index contributed by atoms with van der Waals surface area (Å²) in [6.07, 6.45) is 13.9. The summed E-state index contributed by atoms with van der Waals surface area (Å²) < 4.78 is 31.2. The van der Waals surface area contributed by atoms with Crippen LogP contribution in [0, 0.1) is 5.92 Å². The number of hydrogen-bond acceptors (Lipinski definition) is 2. The van der Waals surface area contributed by atoms with Gasteiger partial charge in [0.25, 0.3) is 10.1 Å². The van der Waals surface area contributed by atoms with E-state index in [1.807, 2.05) is 0 Å². The molecule has 0 atom stereocenters. The minimum atomic E-state index is -3.79. The van der Waals surface area contributed by atoms with Gasteiger partial charge in [0, 0.05) is 0 Å². The second kappa shape index (κ2) is 9.89. The van der Waals surface area contributed by atoms with Gasteiger partial charge in [0.2, 0.25) is 0 Å². The van der Waals surface area contributed by atoms with Crippen LogP contribution < -0.4 is 0 Å². The predicted molar refractivity (Wildman–Crippen MR) is 92.5 cm³/mol. The molecule has 5 heteroatoms. The standard InChI is InChI=1S/C17H35NO3S/c1-18(2,14-9-10-16-22(19,20)21)15-13-17-11-7-5-3-4-6-8-12-17/h17H,3-16H2,1-2H3/p+1. The molecular weight excluding hydrogens is 298 g/mol. The molecule has 0 heterocycles. The van der Waals surface area contributed by atoms with Gasteiger partial charge in [-0.3, -0.25) is 4.55 Å². The third kappa shape index (κ3) is 10.6. The van der Waals surface area contributed by atoms with Crippen molar-refractivity contribution in [3.8, 4) is 0 Å². The minimum absolute atomic E-state index is 0.102. The SMILES string of the molecule is C[N+](C)(CCCCS(=O)(=O)O)CCC1CCCCCCCC1. The van der Waals surface area contributed by atoms with Crippen molar-refractivity contribution in [2.45, 2.75) is 70.6 Å². The van der Waals surface area contributed by atoms with Gasteiger partial charge in [-0.1, -0.05) is 51.4 Å². The van der Waals surface area contributed by atoms with Crippen LogP contribution in [-0.2, 0) is 10.1 Å². The summed E-state index contributed by atoms with van der Waals surface area (Å²) >= 11 is 0. The molecule has 0 unspecified atom stereocenters. The molecule has 0 amide bonds. The summed E-state index contributed by atoms with van der Waals surface area (Å²) in [4.78, 5) is 0. The van der Waals surface area contributed by atoms with Crippen molar-refractivity contribution in [2.75, 3.05) is 32.9 Å². The van der Waals surface area contributed by atoms with Crippen LogP contribution in [0.2, 0.25) is 0 Å². The molecule has 1 aliphatic rings. The van der Waals surface area contributed by atoms with Crippen LogP contribution in [0.1, 0.15) is 70.6 Å². The Kier molecular flexibility index (Phi) is 8.95. The molecule has 1 aliphatic carbocycles. The zero-order valence-electron chi connectivity index (χ0n) is 14.6. The molecule has 0 radical (unpaired) electrons. The summed E-state index contributed by atoms with van der Waals surface area (Å²) in [5.41, 5.74) is 0. The van der Waals surface area contributed by atoms with Gasteiger partial charge < -0.3 is 4.48 Å². The number of rotatable bonds is 8. The Morgan fingerprint density at radius 3 is 2.00 bits per heavy atom. The van der Waals surface area contributed by atoms with Crippen molar-refractivity contribution in [2.24, 2.45) is 5.92 Å². The van der Waals surface area contributed by atoms with Crippen LogP contribution in [0.3, 0.4) is 0 Å². The van der Waals surface area contributed by atoms with Gasteiger partial charge in [-0.05, 0) is 25.2 Å². The van der Waals surface area contributed by atoms with Crippen LogP contribution in [0.25, 0.3) is 0 Å². The van der Waals surface area contributed by atoms with Gasteiger partial charge in [-0.15, -0.1) is 0 Å². The molecule has 1 rings (SSSR count). The van der Waals surface area contributed by atoms with E-state index in [-0.39, 0.29) is 5.75 Å². The van der Waals surface area contributed by atoms with E-state index in [4.69, 9.17) is 4.55 Å². The monoisotopic (exact) mass is 334 g/mol. The average Bonchev–Trinajstić information content (AvgIpc) is 2.54. The van der Waals surface area contributed by atoms with Crippen molar-refractivity contribution >= 4 is 10.1 Å². The Hall–Kier alpha value is -0.130. The van der Waals surface area contributed by atoms with Crippen LogP contribution in [0.5, 0.6) is 0 Å². The third-order valence-corrected chi connectivity index (χ3v) is 5.84. The van der Waals surface area contributed by atoms with Crippen LogP contribution >= 0.6 is 0 Å². The van der Waals surface area contributed by atoms with E-state index in [9.17, 15) is 8.42 Å². The van der Waals surface area contributed by atoms with Crippen molar-refractivity contribution in [1.82, 2.24) is 0 Å². The first kappa shape index (κ1) is 19.9. The van der Waals surface area contributed by atoms with Crippen LogP contribution in [-0.4, -0.2) is 50.4 Å². The Bertz CT molecular complexity index is 383. The zero-order valence-corrected chi connectivity index (χ0v) is 15.4. The molecule has 0 aromatic carbocycles. The van der Waals surface area contributed by atoms with E-state index in [1.54, 1.807) is 0 Å². The summed E-state index contributed by atoms with van der Waals surface area (Å²) in [5, 5.41) is 0. The number of unbranched alkanes of at least 4 members (excludes halogenated alkanes) is 1. The first-order chi connectivity index (χ1) is 10.3. The lowest BCUT2D eigenvalue weighted by Gasteiger charge is -2.31. The van der Waals surface area contributed by atoms with Crippen molar-refractivity contribution in [3.63, 3.8) is 0 Å². The molecule has 0 bridgehead atoms. The lowest BCUT2D eigenvalue weighted by Crippen LogP contribution is -2.42. The molecule has 0 aliphatic heterocycles. The molecule has 0 aromatic heterocycles. The maximum absolute atomic E-state index is 10.7. The predicted octanol–water partition coefficient (Wildman–Crippen LogP) is 3.87. The molecule has 1 fully saturated rings. The average molecular weight is 335 g/mol. The van der Waals surface area contributed by atoms with Crippen molar-refractivity contribution in [1.29, 1.82) is 0 Å². The topological polar surface area (TPSA) is 54.4 Å². The largest absolute Gasteiger partial charge is 0.328 e. The normalized spacial score (nSPS) is 19.4. The van der Waals surface area contributed by atoms with E-state index < -0.39 is 10.1 Å². The van der Waals surface area contributed by atoms with Crippen LogP contribution in [0.4, 0.5) is 0 Å². The van der Waals surface area contributed by atoms with Crippen molar-refractivity contribution in [3.05, 3.63) is 0 Å². The number of nitrogens with zero attached hydrogens (tertiary/aromatic N) is 1. The molecule has 22 heavy (non-hydrogen) atoms. The van der Waals surface area contributed by atoms with Gasteiger partial charge in [0.1, 0.15) is 0 Å². The molecule has 4 nitrogen and oxygen atoms in total. The molecule has 1 saturated carbocycles. The first-order valence-electron chi connectivity index (χ1n) is 9.06. The van der Waals surface area contributed by atoms with Crippen LogP contribution in [0.15, 0.2) is 0 Å². The van der Waals surface area contributed by atoms with Gasteiger partial charge in [-0.2, -0.15) is 8.42 Å². The smallest absolute Gasteiger partial charge is 0.264 e. The molecule has 0 saturated heterocycles. The fourth-order valence-corrected chi connectivity index (χ4v) is 4.04. The molecule has 0 spiro atoms. The van der Waals surface area contributed by atoms with E-state index in [0.717, 1.165) is 23.4 Å². The number of quaternary nitrogens is 1. The fraction of sp³-hybridized carbons (Fsp3) is 1.00. The number of hydrogen-bond donors (Lipinski definition) is 1. The molecule has 132 valence electrons. The van der Waals surface area contributed by atoms with Gasteiger partial charge in [0.05, 0.1) is 32.9 Å². The molecule has 0 aromatic rings. The second-order valence-electron chi connectivity index (χ2n) is 7.73. The Balaban J connectivity index is 2.24. The van der Waals surface area contributed by atoms with E-state index >= 15 is 0 Å². The molecular formula is C17H36NO3S+. The zero-order chi connectivity index (χ0) is 16.5. The first-order valence-corrected chi connectivity index (χ1v) is 10.7. The van der Waals surface area contributed by atoms with E-state index in [0.29, 0.717) is 6.42 Å². The summed E-state index contributed by atoms with van der Waals surface area (Å²) in [7, 11) is 0.688.